The minimum absolute atomic E-state index is 0.242. The van der Waals surface area contributed by atoms with E-state index in [0.29, 0.717) is 12.1 Å². The van der Waals surface area contributed by atoms with Gasteiger partial charge in [0.15, 0.2) is 21.5 Å². The molecule has 1 unspecified atom stereocenters. The van der Waals surface area contributed by atoms with Crippen molar-refractivity contribution in [1.29, 1.82) is 0 Å². The van der Waals surface area contributed by atoms with Crippen molar-refractivity contribution in [1.82, 2.24) is 0 Å². The highest BCUT2D eigenvalue weighted by molar-refractivity contribution is 7.91. The molecule has 0 bridgehead atoms. The third-order valence-corrected chi connectivity index (χ3v) is 5.83. The molecule has 0 heterocycles. The molecule has 0 aliphatic rings. The van der Waals surface area contributed by atoms with Gasteiger partial charge in [0, 0.05) is 10.6 Å². The van der Waals surface area contributed by atoms with Gasteiger partial charge >= 0.3 is 5.97 Å². The normalized spacial score (nSPS) is 12.7. The van der Waals surface area contributed by atoms with Crippen molar-refractivity contribution in [2.75, 3.05) is 7.11 Å². The maximum atomic E-state index is 14.1. The lowest BCUT2D eigenvalue weighted by molar-refractivity contribution is -0.140. The Balaban J connectivity index is 2.67. The summed E-state index contributed by atoms with van der Waals surface area (Å²) in [5.74, 6) is -5.42. The quantitative estimate of drug-likeness (QED) is 0.573. The van der Waals surface area contributed by atoms with Gasteiger partial charge in [-0.05, 0) is 36.4 Å². The lowest BCUT2D eigenvalue weighted by Crippen LogP contribution is -2.21. The number of rotatable bonds is 5. The second-order valence-corrected chi connectivity index (χ2v) is 7.59. The number of benzene rings is 2. The van der Waals surface area contributed by atoms with Crippen LogP contribution in [0.2, 0.25) is 5.02 Å². The van der Waals surface area contributed by atoms with Crippen molar-refractivity contribution in [3.8, 4) is 0 Å². The summed E-state index contributed by atoms with van der Waals surface area (Å²) in [6, 6.07) is 5.89. The van der Waals surface area contributed by atoms with E-state index in [-0.39, 0.29) is 9.92 Å². The van der Waals surface area contributed by atoms with Gasteiger partial charge in [0.25, 0.3) is 0 Å². The molecule has 9 heteroatoms. The average molecular weight is 393 g/mol. The van der Waals surface area contributed by atoms with Gasteiger partial charge in [0.1, 0.15) is 11.1 Å². The van der Waals surface area contributed by atoms with E-state index in [0.717, 1.165) is 19.2 Å². The Hall–Kier alpha value is -2.06. The molecule has 0 saturated carbocycles. The summed E-state index contributed by atoms with van der Waals surface area (Å²) in [7, 11) is -3.45. The van der Waals surface area contributed by atoms with Crippen LogP contribution in [0.15, 0.2) is 41.3 Å². The van der Waals surface area contributed by atoms with Crippen LogP contribution in [0.4, 0.5) is 13.2 Å². The highest BCUT2D eigenvalue weighted by Crippen LogP contribution is 2.36. The Morgan fingerprint density at radius 1 is 1.08 bits per heavy atom. The fourth-order valence-electron chi connectivity index (χ4n) is 2.23. The lowest BCUT2D eigenvalue weighted by atomic mass is 10.1. The molecule has 0 N–H and O–H groups in total. The molecule has 0 aliphatic carbocycles. The molecular formula is C16H12ClF3O4S. The highest BCUT2D eigenvalue weighted by atomic mass is 35.5. The fraction of sp³-hybridized carbons (Fsp3) is 0.188. The molecule has 4 nitrogen and oxygen atoms in total. The Labute approximate surface area is 147 Å². The van der Waals surface area contributed by atoms with E-state index in [2.05, 4.69) is 4.74 Å². The Bertz CT molecular complexity index is 898. The molecule has 0 spiro atoms. The van der Waals surface area contributed by atoms with E-state index in [4.69, 9.17) is 11.6 Å². The van der Waals surface area contributed by atoms with Crippen molar-refractivity contribution in [3.63, 3.8) is 0 Å². The van der Waals surface area contributed by atoms with Crippen molar-refractivity contribution < 1.29 is 31.1 Å². The number of sulfone groups is 1. The molecule has 0 radical (unpaired) electrons. The van der Waals surface area contributed by atoms with Crippen molar-refractivity contribution in [2.45, 2.75) is 16.6 Å². The summed E-state index contributed by atoms with van der Waals surface area (Å²) in [6.45, 7) is 0. The molecular weight excluding hydrogens is 381 g/mol. The van der Waals surface area contributed by atoms with E-state index in [1.807, 2.05) is 0 Å². The van der Waals surface area contributed by atoms with E-state index in [1.165, 1.54) is 12.1 Å². The fourth-order valence-corrected chi connectivity index (χ4v) is 4.08. The third-order valence-electron chi connectivity index (χ3n) is 3.50. The number of methoxy groups -OCH3 is 1. The van der Waals surface area contributed by atoms with Crippen LogP contribution in [0, 0.1) is 17.5 Å². The molecule has 2 aromatic rings. The molecule has 0 aliphatic heterocycles. The molecule has 0 amide bonds. The second-order valence-electron chi connectivity index (χ2n) is 5.02. The summed E-state index contributed by atoms with van der Waals surface area (Å²) in [5, 5.41) is -1.76. The number of esters is 1. The van der Waals surface area contributed by atoms with Crippen LogP contribution >= 0.6 is 11.6 Å². The van der Waals surface area contributed by atoms with Gasteiger partial charge in [-0.15, -0.1) is 0 Å². The maximum absolute atomic E-state index is 14.1. The van der Waals surface area contributed by atoms with Gasteiger partial charge in [0.2, 0.25) is 0 Å². The summed E-state index contributed by atoms with van der Waals surface area (Å²) < 4.78 is 71.7. The molecule has 1 atom stereocenters. The number of carbonyl (C=O) groups is 1. The van der Waals surface area contributed by atoms with E-state index in [9.17, 15) is 26.4 Å². The predicted molar refractivity (Wildman–Crippen MR) is 84.3 cm³/mol. The first-order valence-electron chi connectivity index (χ1n) is 6.88. The average Bonchev–Trinajstić information content (AvgIpc) is 2.57. The van der Waals surface area contributed by atoms with Crippen LogP contribution in [-0.4, -0.2) is 21.5 Å². The van der Waals surface area contributed by atoms with Crippen LogP contribution in [0.5, 0.6) is 0 Å². The maximum Gasteiger partial charge on any atom is 0.307 e. The summed E-state index contributed by atoms with van der Waals surface area (Å²) in [4.78, 5) is 11.3. The number of ether oxygens (including phenoxy) is 1. The number of halogens is 4. The molecule has 0 fully saturated rings. The molecule has 0 saturated heterocycles. The zero-order valence-corrected chi connectivity index (χ0v) is 14.4. The molecule has 2 aromatic carbocycles. The number of hydrogen-bond acceptors (Lipinski definition) is 4. The van der Waals surface area contributed by atoms with Gasteiger partial charge in [0.05, 0.1) is 18.4 Å². The molecule has 134 valence electrons. The topological polar surface area (TPSA) is 60.4 Å². The van der Waals surface area contributed by atoms with Gasteiger partial charge in [-0.25, -0.2) is 21.6 Å². The Morgan fingerprint density at radius 2 is 1.64 bits per heavy atom. The smallest absolute Gasteiger partial charge is 0.307 e. The standard InChI is InChI=1S/C16H12ClF3O4S/c1-24-14(21)8-13(15-11(18)6-7-12(19)16(15)20)25(22,23)10-4-2-9(17)3-5-10/h2-7,13H,8H2,1H3. The summed E-state index contributed by atoms with van der Waals surface area (Å²) in [6.07, 6.45) is -0.890. The van der Waals surface area contributed by atoms with Crippen molar-refractivity contribution in [3.05, 3.63) is 64.4 Å². The van der Waals surface area contributed by atoms with Crippen LogP contribution < -0.4 is 0 Å². The number of carbonyl (C=O) groups excluding carboxylic acids is 1. The van der Waals surface area contributed by atoms with Crippen LogP contribution in [0.25, 0.3) is 0 Å². The SMILES string of the molecule is COC(=O)CC(c1c(F)ccc(F)c1F)S(=O)(=O)c1ccc(Cl)cc1. The molecule has 2 rings (SSSR count). The van der Waals surface area contributed by atoms with Crippen LogP contribution in [-0.2, 0) is 19.4 Å². The summed E-state index contributed by atoms with van der Waals surface area (Å²) in [5.41, 5.74) is -1.06. The predicted octanol–water partition coefficient (Wildman–Crippen LogP) is 3.84. The first-order chi connectivity index (χ1) is 11.7. The van der Waals surface area contributed by atoms with Crippen molar-refractivity contribution in [2.24, 2.45) is 0 Å². The monoisotopic (exact) mass is 392 g/mol. The van der Waals surface area contributed by atoms with Crippen molar-refractivity contribution >= 4 is 27.4 Å². The first-order valence-corrected chi connectivity index (χ1v) is 8.80. The minimum Gasteiger partial charge on any atom is -0.469 e. The minimum atomic E-state index is -4.44. The van der Waals surface area contributed by atoms with Gasteiger partial charge < -0.3 is 4.74 Å². The van der Waals surface area contributed by atoms with E-state index in [1.54, 1.807) is 0 Å². The Morgan fingerprint density at radius 3 is 2.20 bits per heavy atom. The largest absolute Gasteiger partial charge is 0.469 e. The van der Waals surface area contributed by atoms with Crippen LogP contribution in [0.1, 0.15) is 17.2 Å². The summed E-state index contributed by atoms with van der Waals surface area (Å²) >= 11 is 5.70. The highest BCUT2D eigenvalue weighted by Gasteiger charge is 2.36. The molecule has 25 heavy (non-hydrogen) atoms. The lowest BCUT2D eigenvalue weighted by Gasteiger charge is -2.19. The Kier molecular flexibility index (Phi) is 5.74. The van der Waals surface area contributed by atoms with Gasteiger partial charge in [-0.1, -0.05) is 11.6 Å². The second kappa shape index (κ2) is 7.45. The van der Waals surface area contributed by atoms with Gasteiger partial charge in [-0.3, -0.25) is 4.79 Å². The zero-order chi connectivity index (χ0) is 18.8. The number of hydrogen-bond donors (Lipinski definition) is 0. The van der Waals surface area contributed by atoms with E-state index >= 15 is 0 Å². The first kappa shape index (κ1) is 19.3. The molecule has 0 aromatic heterocycles. The van der Waals surface area contributed by atoms with Crippen LogP contribution in [0.3, 0.4) is 0 Å². The van der Waals surface area contributed by atoms with E-state index < -0.39 is 50.5 Å². The zero-order valence-electron chi connectivity index (χ0n) is 12.8. The van der Waals surface area contributed by atoms with Gasteiger partial charge in [-0.2, -0.15) is 0 Å². The third kappa shape index (κ3) is 3.96.